The fraction of sp³-hybridized carbons (Fsp3) is 0.316. The summed E-state index contributed by atoms with van der Waals surface area (Å²) < 4.78 is 40.6. The third-order valence-corrected chi connectivity index (χ3v) is 9.89. The number of amides is 2. The molecule has 0 saturated heterocycles. The highest BCUT2D eigenvalue weighted by atomic mass is 32.2. The largest absolute Gasteiger partial charge is 0.493 e. The molecule has 0 aromatic heterocycles. The van der Waals surface area contributed by atoms with Crippen LogP contribution >= 0.6 is 0 Å². The number of nitrogens with one attached hydrogen (secondary N) is 1. The fourth-order valence-electron chi connectivity index (χ4n) is 5.29. The van der Waals surface area contributed by atoms with E-state index < -0.39 is 28.5 Å². The summed E-state index contributed by atoms with van der Waals surface area (Å²) in [6, 6.07) is 27.4. The Labute approximate surface area is 284 Å². The summed E-state index contributed by atoms with van der Waals surface area (Å²) in [4.78, 5) is 30.2. The maximum atomic E-state index is 14.7. The van der Waals surface area contributed by atoms with Crippen molar-refractivity contribution in [2.75, 3.05) is 31.6 Å². The number of benzene rings is 4. The molecule has 0 heterocycles. The molecular weight excluding hydrogens is 627 g/mol. The summed E-state index contributed by atoms with van der Waals surface area (Å²) in [5.41, 5.74) is 3.76. The van der Waals surface area contributed by atoms with Gasteiger partial charge in [-0.3, -0.25) is 13.9 Å². The van der Waals surface area contributed by atoms with Crippen LogP contribution in [0.3, 0.4) is 0 Å². The average Bonchev–Trinajstić information content (AvgIpc) is 3.08. The number of methoxy groups -OCH3 is 2. The Kier molecular flexibility index (Phi) is 12.2. The molecule has 0 aliphatic rings. The summed E-state index contributed by atoms with van der Waals surface area (Å²) in [6.45, 7) is 7.77. The van der Waals surface area contributed by atoms with Crippen molar-refractivity contribution in [3.05, 3.63) is 119 Å². The first-order valence-electron chi connectivity index (χ1n) is 15.9. The lowest BCUT2D eigenvalue weighted by Gasteiger charge is -2.34. The lowest BCUT2D eigenvalue weighted by Crippen LogP contribution is -2.53. The quantitative estimate of drug-likeness (QED) is 0.168. The maximum Gasteiger partial charge on any atom is 0.264 e. The summed E-state index contributed by atoms with van der Waals surface area (Å²) in [7, 11) is -1.32. The number of carbonyl (C=O) groups is 2. The number of ether oxygens (including phenoxy) is 2. The van der Waals surface area contributed by atoms with E-state index in [1.54, 1.807) is 24.3 Å². The lowest BCUT2D eigenvalue weighted by molar-refractivity contribution is -0.140. The average molecular weight is 672 g/mol. The van der Waals surface area contributed by atoms with Crippen molar-refractivity contribution < 1.29 is 27.5 Å². The molecule has 4 rings (SSSR count). The van der Waals surface area contributed by atoms with E-state index in [-0.39, 0.29) is 35.4 Å². The SMILES string of the molecule is COc1ccc(N(CC(=O)N(Cc2ccccc2C)[C@@H](Cc2ccccc2)C(=O)NCC(C)C)S(=O)(=O)c2ccc(C)cc2)cc1OC. The Morgan fingerprint density at radius 1 is 0.812 bits per heavy atom. The van der Waals surface area contributed by atoms with E-state index in [0.29, 0.717) is 18.0 Å². The number of sulfonamides is 1. The molecule has 0 aliphatic heterocycles. The Balaban J connectivity index is 1.85. The number of hydrogen-bond acceptors (Lipinski definition) is 6. The zero-order chi connectivity index (χ0) is 34.8. The van der Waals surface area contributed by atoms with Gasteiger partial charge in [-0.05, 0) is 60.7 Å². The maximum absolute atomic E-state index is 14.7. The van der Waals surface area contributed by atoms with Crippen molar-refractivity contribution in [3.63, 3.8) is 0 Å². The molecule has 0 bridgehead atoms. The van der Waals surface area contributed by atoms with Crippen LogP contribution in [0.5, 0.6) is 11.5 Å². The highest BCUT2D eigenvalue weighted by Crippen LogP contribution is 2.34. The molecular formula is C38H45N3O6S. The Hall–Kier alpha value is -4.83. The van der Waals surface area contributed by atoms with Crippen LogP contribution in [0.25, 0.3) is 0 Å². The van der Waals surface area contributed by atoms with Gasteiger partial charge in [0.05, 0.1) is 24.8 Å². The molecule has 4 aromatic carbocycles. The van der Waals surface area contributed by atoms with E-state index in [2.05, 4.69) is 5.32 Å². The van der Waals surface area contributed by atoms with Crippen LogP contribution in [0.1, 0.15) is 36.1 Å². The molecule has 2 amide bonds. The summed E-state index contributed by atoms with van der Waals surface area (Å²) in [6.07, 6.45) is 0.240. The van der Waals surface area contributed by atoms with Crippen LogP contribution in [0.4, 0.5) is 5.69 Å². The molecule has 0 unspecified atom stereocenters. The van der Waals surface area contributed by atoms with Gasteiger partial charge in [-0.15, -0.1) is 0 Å². The van der Waals surface area contributed by atoms with Gasteiger partial charge >= 0.3 is 0 Å². The zero-order valence-corrected chi connectivity index (χ0v) is 29.3. The number of rotatable bonds is 15. The van der Waals surface area contributed by atoms with Crippen molar-refractivity contribution in [2.45, 2.75) is 51.6 Å². The Bertz CT molecular complexity index is 1790. The van der Waals surface area contributed by atoms with Crippen molar-refractivity contribution >= 4 is 27.5 Å². The predicted octanol–water partition coefficient (Wildman–Crippen LogP) is 5.93. The lowest BCUT2D eigenvalue weighted by atomic mass is 10.0. The van der Waals surface area contributed by atoms with Crippen molar-refractivity contribution in [1.29, 1.82) is 0 Å². The standard InChI is InChI=1S/C38H45N3O6S/c1-27(2)24-39-38(43)34(22-30-13-8-7-9-14-30)40(25-31-15-11-10-12-29(31)4)37(42)26-41(32-18-21-35(46-5)36(23-32)47-6)48(44,45)33-19-16-28(3)17-20-33/h7-21,23,27,34H,22,24-26H2,1-6H3,(H,39,43)/t34-/m0/s1. The highest BCUT2D eigenvalue weighted by Gasteiger charge is 2.35. The molecule has 0 saturated carbocycles. The number of aryl methyl sites for hydroxylation is 2. The molecule has 10 heteroatoms. The minimum absolute atomic E-state index is 0.0247. The predicted molar refractivity (Wildman–Crippen MR) is 189 cm³/mol. The normalized spacial score (nSPS) is 11.9. The summed E-state index contributed by atoms with van der Waals surface area (Å²) in [5, 5.41) is 3.02. The number of nitrogens with zero attached hydrogens (tertiary/aromatic N) is 2. The molecule has 0 fully saturated rings. The van der Waals surface area contributed by atoms with Crippen LogP contribution in [-0.2, 0) is 32.6 Å². The zero-order valence-electron chi connectivity index (χ0n) is 28.5. The minimum Gasteiger partial charge on any atom is -0.493 e. The summed E-state index contributed by atoms with van der Waals surface area (Å²) in [5.74, 6) is 0.0504. The van der Waals surface area contributed by atoms with Crippen LogP contribution < -0.4 is 19.1 Å². The summed E-state index contributed by atoms with van der Waals surface area (Å²) >= 11 is 0. The molecule has 0 radical (unpaired) electrons. The topological polar surface area (TPSA) is 105 Å². The highest BCUT2D eigenvalue weighted by molar-refractivity contribution is 7.92. The van der Waals surface area contributed by atoms with Gasteiger partial charge in [-0.25, -0.2) is 8.42 Å². The third-order valence-electron chi connectivity index (χ3n) is 8.10. The molecule has 0 spiro atoms. The molecule has 4 aromatic rings. The molecule has 1 atom stereocenters. The minimum atomic E-state index is -4.26. The first-order chi connectivity index (χ1) is 22.9. The third kappa shape index (κ3) is 8.95. The number of carbonyl (C=O) groups excluding carboxylic acids is 2. The van der Waals surface area contributed by atoms with Crippen molar-refractivity contribution in [3.8, 4) is 11.5 Å². The van der Waals surface area contributed by atoms with E-state index in [1.807, 2.05) is 82.3 Å². The van der Waals surface area contributed by atoms with Gasteiger partial charge in [0.15, 0.2) is 11.5 Å². The van der Waals surface area contributed by atoms with Crippen LogP contribution in [-0.4, -0.2) is 58.5 Å². The van der Waals surface area contributed by atoms with Gasteiger partial charge in [0.2, 0.25) is 11.8 Å². The van der Waals surface area contributed by atoms with Crippen LogP contribution in [0.2, 0.25) is 0 Å². The smallest absolute Gasteiger partial charge is 0.264 e. The van der Waals surface area contributed by atoms with E-state index in [0.717, 1.165) is 26.6 Å². The van der Waals surface area contributed by atoms with Gasteiger partial charge in [-0.2, -0.15) is 0 Å². The molecule has 0 aliphatic carbocycles. The first kappa shape index (κ1) is 36.0. The Morgan fingerprint density at radius 2 is 1.46 bits per heavy atom. The van der Waals surface area contributed by atoms with Crippen LogP contribution in [0.15, 0.2) is 102 Å². The van der Waals surface area contributed by atoms with E-state index in [9.17, 15) is 18.0 Å². The van der Waals surface area contributed by atoms with Gasteiger partial charge in [-0.1, -0.05) is 86.1 Å². The van der Waals surface area contributed by atoms with Crippen molar-refractivity contribution in [1.82, 2.24) is 10.2 Å². The molecule has 1 N–H and O–H groups in total. The number of anilines is 1. The molecule has 254 valence electrons. The second kappa shape index (κ2) is 16.3. The van der Waals surface area contributed by atoms with E-state index >= 15 is 0 Å². The molecule has 48 heavy (non-hydrogen) atoms. The second-order valence-electron chi connectivity index (χ2n) is 12.2. The van der Waals surface area contributed by atoms with Gasteiger partial charge in [0, 0.05) is 25.6 Å². The van der Waals surface area contributed by atoms with Crippen molar-refractivity contribution in [2.24, 2.45) is 5.92 Å². The fourth-order valence-corrected chi connectivity index (χ4v) is 6.70. The monoisotopic (exact) mass is 671 g/mol. The van der Waals surface area contributed by atoms with E-state index in [4.69, 9.17) is 9.47 Å². The van der Waals surface area contributed by atoms with Crippen LogP contribution in [0, 0.1) is 19.8 Å². The Morgan fingerprint density at radius 3 is 2.08 bits per heavy atom. The number of hydrogen-bond donors (Lipinski definition) is 1. The molecule has 9 nitrogen and oxygen atoms in total. The van der Waals surface area contributed by atoms with Gasteiger partial charge in [0.25, 0.3) is 10.0 Å². The van der Waals surface area contributed by atoms with E-state index in [1.165, 1.54) is 37.3 Å². The van der Waals surface area contributed by atoms with Gasteiger partial charge in [0.1, 0.15) is 12.6 Å². The van der Waals surface area contributed by atoms with Gasteiger partial charge < -0.3 is 19.7 Å². The first-order valence-corrected chi connectivity index (χ1v) is 17.4. The second-order valence-corrected chi connectivity index (χ2v) is 14.0.